The molecule has 0 amide bonds. The number of hydrogen-bond donors (Lipinski definition) is 1. The minimum absolute atomic E-state index is 0.0739. The molecule has 0 unspecified atom stereocenters. The minimum Gasteiger partial charge on any atom is -0.381 e. The van der Waals surface area contributed by atoms with Crippen LogP contribution in [0.1, 0.15) is 78.6 Å². The van der Waals surface area contributed by atoms with Crippen LogP contribution in [0.25, 0.3) is 0 Å². The highest BCUT2D eigenvalue weighted by molar-refractivity contribution is 5.91. The zero-order valence-electron chi connectivity index (χ0n) is 15.4. The molecule has 4 fully saturated rings. The zero-order chi connectivity index (χ0) is 17.3. The van der Waals surface area contributed by atoms with Gasteiger partial charge in [0, 0.05) is 23.7 Å². The van der Waals surface area contributed by atoms with Gasteiger partial charge in [0.25, 0.3) is 0 Å². The summed E-state index contributed by atoms with van der Waals surface area (Å²) in [6.07, 6.45) is 7.83. The molecule has 0 spiro atoms. The summed E-state index contributed by atoms with van der Waals surface area (Å²) in [6.45, 7) is 6.57. The van der Waals surface area contributed by atoms with E-state index in [1.165, 1.54) is 0 Å². The molecule has 0 bridgehead atoms. The highest BCUT2D eigenvalue weighted by Crippen LogP contribution is 2.67. The van der Waals surface area contributed by atoms with Gasteiger partial charge in [-0.15, -0.1) is 0 Å². The molecule has 0 aliphatic heterocycles. The number of aliphatic hydroxyl groups is 1. The van der Waals surface area contributed by atoms with E-state index in [1.807, 2.05) is 0 Å². The molecule has 24 heavy (non-hydrogen) atoms. The summed E-state index contributed by atoms with van der Waals surface area (Å²) >= 11 is 0. The molecule has 4 aliphatic rings. The van der Waals surface area contributed by atoms with Crippen LogP contribution in [0.15, 0.2) is 0 Å². The fourth-order valence-electron chi connectivity index (χ4n) is 7.61. The molecule has 1 N–H and O–H groups in total. The maximum atomic E-state index is 13.0. The smallest absolute Gasteiger partial charge is 0.165 e. The second-order valence-electron chi connectivity index (χ2n) is 9.68. The number of carbonyl (C=O) groups excluding carboxylic acids is 2. The van der Waals surface area contributed by atoms with Gasteiger partial charge in [-0.05, 0) is 55.8 Å². The number of rotatable bonds is 1. The SMILES string of the molecule is CC(C)[C@]12CC[C@H]3[C@@H](CC(=O)[C@@]4(O)CCCC[C@]34C)[C@@H]1CCC2=O. The summed E-state index contributed by atoms with van der Waals surface area (Å²) in [6, 6.07) is 0. The summed E-state index contributed by atoms with van der Waals surface area (Å²) in [5.41, 5.74) is -1.57. The normalized spacial score (nSPS) is 51.3. The monoisotopic (exact) mass is 332 g/mol. The van der Waals surface area contributed by atoms with Crippen LogP contribution in [0, 0.1) is 34.5 Å². The van der Waals surface area contributed by atoms with Gasteiger partial charge in [-0.25, -0.2) is 0 Å². The number of carbonyl (C=O) groups is 2. The van der Waals surface area contributed by atoms with Crippen LogP contribution in [0.3, 0.4) is 0 Å². The Bertz CT molecular complexity index is 582. The third-order valence-electron chi connectivity index (χ3n) is 8.93. The van der Waals surface area contributed by atoms with Crippen molar-refractivity contribution in [1.29, 1.82) is 0 Å². The van der Waals surface area contributed by atoms with Crippen LogP contribution in [0.4, 0.5) is 0 Å². The lowest BCUT2D eigenvalue weighted by molar-refractivity contribution is -0.204. The average Bonchev–Trinajstić information content (AvgIpc) is 2.88. The van der Waals surface area contributed by atoms with E-state index in [9.17, 15) is 14.7 Å². The molecule has 3 heteroatoms. The van der Waals surface area contributed by atoms with E-state index in [4.69, 9.17) is 0 Å². The molecule has 4 saturated carbocycles. The lowest BCUT2D eigenvalue weighted by atomic mass is 9.42. The molecule has 3 nitrogen and oxygen atoms in total. The molecule has 0 aromatic rings. The summed E-state index contributed by atoms with van der Waals surface area (Å²) in [7, 11) is 0. The molecule has 0 aromatic heterocycles. The number of fused-ring (bicyclic) bond motifs is 5. The maximum Gasteiger partial charge on any atom is 0.165 e. The summed E-state index contributed by atoms with van der Waals surface area (Å²) < 4.78 is 0. The van der Waals surface area contributed by atoms with Gasteiger partial charge in [-0.2, -0.15) is 0 Å². The highest BCUT2D eigenvalue weighted by Gasteiger charge is 2.67. The van der Waals surface area contributed by atoms with Gasteiger partial charge in [-0.3, -0.25) is 9.59 Å². The Morgan fingerprint density at radius 1 is 1.00 bits per heavy atom. The van der Waals surface area contributed by atoms with Crippen molar-refractivity contribution >= 4 is 11.6 Å². The first-order chi connectivity index (χ1) is 11.3. The van der Waals surface area contributed by atoms with Crippen molar-refractivity contribution < 1.29 is 14.7 Å². The van der Waals surface area contributed by atoms with Gasteiger partial charge in [0.2, 0.25) is 0 Å². The molecule has 0 aromatic carbocycles. The molecular weight excluding hydrogens is 300 g/mol. The largest absolute Gasteiger partial charge is 0.381 e. The number of ketones is 2. The van der Waals surface area contributed by atoms with Crippen molar-refractivity contribution in [2.24, 2.45) is 34.5 Å². The summed E-state index contributed by atoms with van der Waals surface area (Å²) in [4.78, 5) is 25.8. The number of hydrogen-bond acceptors (Lipinski definition) is 3. The van der Waals surface area contributed by atoms with Gasteiger partial charge in [0.05, 0.1) is 0 Å². The van der Waals surface area contributed by atoms with Gasteiger partial charge >= 0.3 is 0 Å². The number of Topliss-reactive ketones (excluding diaryl/α,β-unsaturated/α-hetero) is 2. The van der Waals surface area contributed by atoms with Gasteiger partial charge < -0.3 is 5.11 Å². The van der Waals surface area contributed by atoms with E-state index in [-0.39, 0.29) is 16.6 Å². The predicted octanol–water partition coefficient (Wildman–Crippen LogP) is 3.92. The minimum atomic E-state index is -1.10. The van der Waals surface area contributed by atoms with Gasteiger partial charge in [0.15, 0.2) is 5.78 Å². The summed E-state index contributed by atoms with van der Waals surface area (Å²) in [5, 5.41) is 11.3. The first-order valence-electron chi connectivity index (χ1n) is 10.1. The Balaban J connectivity index is 1.76. The van der Waals surface area contributed by atoms with Crippen molar-refractivity contribution in [3.8, 4) is 0 Å². The Morgan fingerprint density at radius 2 is 1.71 bits per heavy atom. The Morgan fingerprint density at radius 3 is 2.42 bits per heavy atom. The van der Waals surface area contributed by atoms with Crippen LogP contribution in [0.5, 0.6) is 0 Å². The van der Waals surface area contributed by atoms with Crippen molar-refractivity contribution in [3.05, 3.63) is 0 Å². The van der Waals surface area contributed by atoms with E-state index in [0.29, 0.717) is 48.7 Å². The molecule has 4 aliphatic carbocycles. The molecule has 0 radical (unpaired) electrons. The van der Waals surface area contributed by atoms with Crippen LogP contribution in [-0.2, 0) is 9.59 Å². The topological polar surface area (TPSA) is 54.4 Å². The Labute approximate surface area is 145 Å². The fraction of sp³-hybridized carbons (Fsp3) is 0.905. The van der Waals surface area contributed by atoms with Crippen molar-refractivity contribution in [2.45, 2.75) is 84.2 Å². The standard InChI is InChI=1S/C21H32O3/c1-13(2)20-11-8-15-14(16(20)6-7-17(20)22)12-18(23)21(24)10-5-4-9-19(15,21)3/h13-16,24H,4-12H2,1-3H3/t14-,15+,16+,19-,20-,21+/m1/s1. The highest BCUT2D eigenvalue weighted by atomic mass is 16.3. The quantitative estimate of drug-likeness (QED) is 0.792. The fourth-order valence-corrected chi connectivity index (χ4v) is 7.61. The lowest BCUT2D eigenvalue weighted by Gasteiger charge is -2.62. The van der Waals surface area contributed by atoms with Gasteiger partial charge in [-0.1, -0.05) is 33.6 Å². The third-order valence-corrected chi connectivity index (χ3v) is 8.93. The first kappa shape index (κ1) is 16.8. The molecule has 134 valence electrons. The molecular formula is C21H32O3. The van der Waals surface area contributed by atoms with Crippen LogP contribution in [-0.4, -0.2) is 22.3 Å². The van der Waals surface area contributed by atoms with E-state index in [2.05, 4.69) is 20.8 Å². The molecule has 0 saturated heterocycles. The predicted molar refractivity (Wildman–Crippen MR) is 92.4 cm³/mol. The van der Waals surface area contributed by atoms with E-state index < -0.39 is 5.60 Å². The van der Waals surface area contributed by atoms with Crippen molar-refractivity contribution in [1.82, 2.24) is 0 Å². The lowest BCUT2D eigenvalue weighted by Crippen LogP contribution is -2.66. The van der Waals surface area contributed by atoms with Crippen molar-refractivity contribution in [3.63, 3.8) is 0 Å². The zero-order valence-corrected chi connectivity index (χ0v) is 15.4. The second-order valence-corrected chi connectivity index (χ2v) is 9.68. The van der Waals surface area contributed by atoms with Crippen LogP contribution >= 0.6 is 0 Å². The van der Waals surface area contributed by atoms with Gasteiger partial charge in [0.1, 0.15) is 11.4 Å². The average molecular weight is 332 g/mol. The Kier molecular flexibility index (Phi) is 3.60. The van der Waals surface area contributed by atoms with Crippen LogP contribution in [0.2, 0.25) is 0 Å². The molecule has 4 rings (SSSR count). The molecule has 6 atom stereocenters. The second kappa shape index (κ2) is 5.16. The molecule has 0 heterocycles. The van der Waals surface area contributed by atoms with E-state index in [1.54, 1.807) is 0 Å². The van der Waals surface area contributed by atoms with Crippen molar-refractivity contribution in [2.75, 3.05) is 0 Å². The van der Waals surface area contributed by atoms with E-state index in [0.717, 1.165) is 38.5 Å². The third kappa shape index (κ3) is 1.78. The maximum absolute atomic E-state index is 13.0. The summed E-state index contributed by atoms with van der Waals surface area (Å²) in [5.74, 6) is 1.95. The first-order valence-corrected chi connectivity index (χ1v) is 10.1. The van der Waals surface area contributed by atoms with E-state index >= 15 is 0 Å². The van der Waals surface area contributed by atoms with Crippen LogP contribution < -0.4 is 0 Å². The Hall–Kier alpha value is -0.700.